The van der Waals surface area contributed by atoms with E-state index in [0.29, 0.717) is 0 Å². The molecule has 128 valence electrons. The summed E-state index contributed by atoms with van der Waals surface area (Å²) in [4.78, 5) is 7.01. The van der Waals surface area contributed by atoms with Gasteiger partial charge < -0.3 is 15.4 Å². The van der Waals surface area contributed by atoms with Crippen LogP contribution in [0, 0.1) is 5.92 Å². The Bertz CT molecular complexity index is 367. The molecule has 0 aromatic heterocycles. The SMILES string of the molecule is CN=C(NCC1CC1)NCC1(N2CCOCC2)CCSC1.I. The maximum absolute atomic E-state index is 5.52. The first-order valence-corrected chi connectivity index (χ1v) is 9.33. The van der Waals surface area contributed by atoms with Crippen molar-refractivity contribution < 1.29 is 4.74 Å². The summed E-state index contributed by atoms with van der Waals surface area (Å²) in [6.07, 6.45) is 4.01. The normalized spacial score (nSPS) is 30.0. The van der Waals surface area contributed by atoms with Crippen molar-refractivity contribution >= 4 is 41.7 Å². The van der Waals surface area contributed by atoms with Crippen LogP contribution in [0.2, 0.25) is 0 Å². The van der Waals surface area contributed by atoms with Crippen LogP contribution in [0.3, 0.4) is 0 Å². The lowest BCUT2D eigenvalue weighted by atomic mass is 9.95. The molecule has 2 N–H and O–H groups in total. The number of ether oxygens (including phenoxy) is 1. The van der Waals surface area contributed by atoms with Crippen LogP contribution in [0.15, 0.2) is 4.99 Å². The molecule has 0 spiro atoms. The molecule has 3 fully saturated rings. The summed E-state index contributed by atoms with van der Waals surface area (Å²) in [6.45, 7) is 5.94. The van der Waals surface area contributed by atoms with Crippen LogP contribution < -0.4 is 10.6 Å². The van der Waals surface area contributed by atoms with Gasteiger partial charge in [0.05, 0.1) is 13.2 Å². The predicted molar refractivity (Wildman–Crippen MR) is 105 cm³/mol. The summed E-state index contributed by atoms with van der Waals surface area (Å²) >= 11 is 2.08. The highest BCUT2D eigenvalue weighted by atomic mass is 127. The Morgan fingerprint density at radius 2 is 2.09 bits per heavy atom. The van der Waals surface area contributed by atoms with Crippen molar-refractivity contribution in [2.75, 3.05) is 57.9 Å². The van der Waals surface area contributed by atoms with Gasteiger partial charge in [-0.3, -0.25) is 9.89 Å². The summed E-state index contributed by atoms with van der Waals surface area (Å²) < 4.78 is 5.52. The Morgan fingerprint density at radius 3 is 2.68 bits per heavy atom. The number of hydrogen-bond donors (Lipinski definition) is 2. The largest absolute Gasteiger partial charge is 0.379 e. The average molecular weight is 440 g/mol. The van der Waals surface area contributed by atoms with Crippen molar-refractivity contribution in [1.82, 2.24) is 15.5 Å². The monoisotopic (exact) mass is 440 g/mol. The maximum atomic E-state index is 5.52. The van der Waals surface area contributed by atoms with E-state index >= 15 is 0 Å². The Hall–Kier alpha value is 0.270. The Morgan fingerprint density at radius 1 is 1.32 bits per heavy atom. The van der Waals surface area contributed by atoms with Crippen LogP contribution >= 0.6 is 35.7 Å². The number of thioether (sulfide) groups is 1. The first kappa shape index (κ1) is 18.6. The molecule has 0 aromatic carbocycles. The highest BCUT2D eigenvalue weighted by molar-refractivity contribution is 14.0. The van der Waals surface area contributed by atoms with Crippen molar-refractivity contribution in [1.29, 1.82) is 0 Å². The third-order valence-electron chi connectivity index (χ3n) is 4.83. The highest BCUT2D eigenvalue weighted by Gasteiger charge is 2.40. The summed E-state index contributed by atoms with van der Waals surface area (Å²) in [7, 11) is 1.87. The van der Waals surface area contributed by atoms with Crippen molar-refractivity contribution in [2.24, 2.45) is 10.9 Å². The first-order valence-electron chi connectivity index (χ1n) is 8.17. The minimum atomic E-state index is 0. The zero-order valence-corrected chi connectivity index (χ0v) is 16.6. The number of aliphatic imine (C=N–C) groups is 1. The van der Waals surface area contributed by atoms with Gasteiger partial charge in [0.1, 0.15) is 0 Å². The number of hydrogen-bond acceptors (Lipinski definition) is 4. The van der Waals surface area contributed by atoms with E-state index < -0.39 is 0 Å². The van der Waals surface area contributed by atoms with Gasteiger partial charge in [0.15, 0.2) is 5.96 Å². The van der Waals surface area contributed by atoms with Gasteiger partial charge in [-0.1, -0.05) is 0 Å². The molecule has 0 aromatic rings. The van der Waals surface area contributed by atoms with E-state index in [-0.39, 0.29) is 29.5 Å². The van der Waals surface area contributed by atoms with Gasteiger partial charge in [0.2, 0.25) is 0 Å². The van der Waals surface area contributed by atoms with Crippen LogP contribution in [-0.4, -0.2) is 74.3 Å². The molecule has 3 rings (SSSR count). The molecule has 1 saturated carbocycles. The van der Waals surface area contributed by atoms with E-state index in [1.54, 1.807) is 0 Å². The van der Waals surface area contributed by atoms with Gasteiger partial charge in [-0.05, 0) is 30.9 Å². The number of rotatable bonds is 5. The van der Waals surface area contributed by atoms with E-state index in [1.165, 1.54) is 30.8 Å². The van der Waals surface area contributed by atoms with Crippen LogP contribution in [-0.2, 0) is 4.74 Å². The van der Waals surface area contributed by atoms with Crippen LogP contribution in [0.1, 0.15) is 19.3 Å². The van der Waals surface area contributed by atoms with Gasteiger partial charge in [-0.25, -0.2) is 0 Å². The van der Waals surface area contributed by atoms with Crippen molar-refractivity contribution in [3.8, 4) is 0 Å². The third-order valence-corrected chi connectivity index (χ3v) is 6.06. The fourth-order valence-electron chi connectivity index (χ4n) is 3.17. The third kappa shape index (κ3) is 4.88. The highest BCUT2D eigenvalue weighted by Crippen LogP contribution is 2.33. The zero-order valence-electron chi connectivity index (χ0n) is 13.5. The second kappa shape index (κ2) is 8.94. The number of halogens is 1. The van der Waals surface area contributed by atoms with Crippen LogP contribution in [0.5, 0.6) is 0 Å². The minimum absolute atomic E-state index is 0. The molecule has 5 nitrogen and oxygen atoms in total. The van der Waals surface area contributed by atoms with Crippen molar-refractivity contribution in [3.63, 3.8) is 0 Å². The summed E-state index contributed by atoms with van der Waals surface area (Å²) in [5.74, 6) is 4.33. The molecule has 1 unspecified atom stereocenters. The minimum Gasteiger partial charge on any atom is -0.379 e. The Labute approximate surface area is 155 Å². The summed E-state index contributed by atoms with van der Waals surface area (Å²) in [5.41, 5.74) is 0.283. The van der Waals surface area contributed by atoms with E-state index in [2.05, 4.69) is 32.3 Å². The smallest absolute Gasteiger partial charge is 0.191 e. The Kier molecular flexibility index (Phi) is 7.56. The van der Waals surface area contributed by atoms with Gasteiger partial charge in [-0.2, -0.15) is 11.8 Å². The molecule has 2 aliphatic heterocycles. The molecule has 0 bridgehead atoms. The Balaban J connectivity index is 0.00000176. The molecular weight excluding hydrogens is 411 g/mol. The second-order valence-corrected chi connectivity index (χ2v) is 7.48. The molecular formula is C15H29IN4OS. The summed E-state index contributed by atoms with van der Waals surface area (Å²) in [6, 6.07) is 0. The van der Waals surface area contributed by atoms with Gasteiger partial charge in [-0.15, -0.1) is 24.0 Å². The fraction of sp³-hybridized carbons (Fsp3) is 0.933. The van der Waals surface area contributed by atoms with Gasteiger partial charge in [0.25, 0.3) is 0 Å². The van der Waals surface area contributed by atoms with Gasteiger partial charge in [0, 0.05) is 44.5 Å². The molecule has 1 atom stereocenters. The lowest BCUT2D eigenvalue weighted by Gasteiger charge is -2.43. The molecule has 7 heteroatoms. The van der Waals surface area contributed by atoms with Crippen molar-refractivity contribution in [3.05, 3.63) is 0 Å². The topological polar surface area (TPSA) is 48.9 Å². The van der Waals surface area contributed by atoms with Crippen LogP contribution in [0.4, 0.5) is 0 Å². The second-order valence-electron chi connectivity index (χ2n) is 6.38. The van der Waals surface area contributed by atoms with E-state index in [1.807, 2.05) is 7.05 Å². The number of nitrogens with one attached hydrogen (secondary N) is 2. The van der Waals surface area contributed by atoms with E-state index in [0.717, 1.165) is 51.3 Å². The molecule has 2 heterocycles. The first-order chi connectivity index (χ1) is 10.3. The zero-order chi connectivity index (χ0) is 14.5. The predicted octanol–water partition coefficient (Wildman–Crippen LogP) is 1.39. The standard InChI is InChI=1S/C15H28N4OS.HI/c1-16-14(17-10-13-2-3-13)18-11-15(4-9-21-12-15)19-5-7-20-8-6-19;/h13H,2-12H2,1H3,(H2,16,17,18);1H. The summed E-state index contributed by atoms with van der Waals surface area (Å²) in [5, 5.41) is 7.04. The molecule has 1 aliphatic carbocycles. The molecule has 2 saturated heterocycles. The van der Waals surface area contributed by atoms with E-state index in [9.17, 15) is 0 Å². The number of guanidine groups is 1. The maximum Gasteiger partial charge on any atom is 0.191 e. The molecule has 0 radical (unpaired) electrons. The molecule has 3 aliphatic rings. The average Bonchev–Trinajstić information content (AvgIpc) is 3.24. The number of nitrogens with zero attached hydrogens (tertiary/aromatic N) is 2. The lowest BCUT2D eigenvalue weighted by molar-refractivity contribution is -0.0120. The van der Waals surface area contributed by atoms with Gasteiger partial charge >= 0.3 is 0 Å². The fourth-order valence-corrected chi connectivity index (χ4v) is 4.64. The lowest BCUT2D eigenvalue weighted by Crippen LogP contribution is -2.60. The van der Waals surface area contributed by atoms with E-state index in [4.69, 9.17) is 4.74 Å². The van der Waals surface area contributed by atoms with Crippen molar-refractivity contribution in [2.45, 2.75) is 24.8 Å². The molecule has 22 heavy (non-hydrogen) atoms. The molecule has 0 amide bonds. The van der Waals surface area contributed by atoms with Crippen LogP contribution in [0.25, 0.3) is 0 Å². The quantitative estimate of drug-likeness (QED) is 0.385. The number of morpholine rings is 1.